The van der Waals surface area contributed by atoms with Crippen molar-refractivity contribution >= 4 is 5.82 Å². The first-order chi connectivity index (χ1) is 6.47. The van der Waals surface area contributed by atoms with Crippen LogP contribution in [0.2, 0.25) is 0 Å². The Bertz CT molecular complexity index is 272. The van der Waals surface area contributed by atoms with E-state index >= 15 is 0 Å². The van der Waals surface area contributed by atoms with Gasteiger partial charge in [-0.1, -0.05) is 6.07 Å². The lowest BCUT2D eigenvalue weighted by Crippen LogP contribution is -2.34. The van der Waals surface area contributed by atoms with Gasteiger partial charge in [0.25, 0.3) is 0 Å². The highest BCUT2D eigenvalue weighted by atomic mass is 15.0. The maximum absolute atomic E-state index is 5.86. The van der Waals surface area contributed by atoms with Gasteiger partial charge in [0.1, 0.15) is 5.82 Å². The van der Waals surface area contributed by atoms with E-state index in [9.17, 15) is 0 Å². The van der Waals surface area contributed by atoms with Crippen LogP contribution in [0.1, 0.15) is 25.8 Å². The van der Waals surface area contributed by atoms with Crippen molar-refractivity contribution in [2.24, 2.45) is 5.73 Å². The number of pyridine rings is 1. The zero-order chi connectivity index (χ0) is 10.6. The van der Waals surface area contributed by atoms with Crippen molar-refractivity contribution in [1.82, 2.24) is 4.98 Å². The van der Waals surface area contributed by atoms with Crippen LogP contribution in [0.15, 0.2) is 18.3 Å². The van der Waals surface area contributed by atoms with Crippen molar-refractivity contribution < 1.29 is 0 Å². The van der Waals surface area contributed by atoms with Gasteiger partial charge in [0, 0.05) is 18.3 Å². The third kappa shape index (κ3) is 4.23. The van der Waals surface area contributed by atoms with Gasteiger partial charge in [-0.05, 0) is 38.8 Å². The molecule has 3 nitrogen and oxygen atoms in total. The summed E-state index contributed by atoms with van der Waals surface area (Å²) in [5.74, 6) is 0.917. The second kappa shape index (κ2) is 4.42. The van der Waals surface area contributed by atoms with Crippen LogP contribution in [0.25, 0.3) is 0 Å². The van der Waals surface area contributed by atoms with Crippen molar-refractivity contribution in [3.8, 4) is 0 Å². The predicted molar refractivity (Wildman–Crippen MR) is 60.3 cm³/mol. The van der Waals surface area contributed by atoms with Gasteiger partial charge in [0.15, 0.2) is 0 Å². The SMILES string of the molecule is Cc1ccc(NCCC(C)(C)N)nc1. The monoisotopic (exact) mass is 193 g/mol. The van der Waals surface area contributed by atoms with E-state index in [1.165, 1.54) is 5.56 Å². The lowest BCUT2D eigenvalue weighted by molar-refractivity contribution is 0.490. The highest BCUT2D eigenvalue weighted by molar-refractivity contribution is 5.34. The fourth-order valence-electron chi connectivity index (χ4n) is 1.09. The Morgan fingerprint density at radius 2 is 2.14 bits per heavy atom. The van der Waals surface area contributed by atoms with E-state index in [0.29, 0.717) is 0 Å². The summed E-state index contributed by atoms with van der Waals surface area (Å²) in [6, 6.07) is 4.03. The molecule has 0 aliphatic carbocycles. The minimum atomic E-state index is -0.113. The van der Waals surface area contributed by atoms with Crippen molar-refractivity contribution in [3.63, 3.8) is 0 Å². The molecule has 0 unspecified atom stereocenters. The molecular weight excluding hydrogens is 174 g/mol. The number of aromatic nitrogens is 1. The van der Waals surface area contributed by atoms with E-state index in [1.807, 2.05) is 39.1 Å². The summed E-state index contributed by atoms with van der Waals surface area (Å²) in [4.78, 5) is 4.25. The predicted octanol–water partition coefficient (Wildman–Crippen LogP) is 1.93. The summed E-state index contributed by atoms with van der Waals surface area (Å²) >= 11 is 0. The number of nitrogens with zero attached hydrogens (tertiary/aromatic N) is 1. The second-order valence-electron chi connectivity index (χ2n) is 4.39. The Hall–Kier alpha value is -1.09. The number of nitrogens with two attached hydrogens (primary N) is 1. The Morgan fingerprint density at radius 1 is 1.43 bits per heavy atom. The number of anilines is 1. The van der Waals surface area contributed by atoms with Crippen molar-refractivity contribution in [2.45, 2.75) is 32.7 Å². The molecule has 0 fully saturated rings. The third-order valence-corrected chi connectivity index (χ3v) is 1.99. The molecule has 1 aromatic heterocycles. The highest BCUT2D eigenvalue weighted by Gasteiger charge is 2.09. The molecule has 0 aliphatic rings. The van der Waals surface area contributed by atoms with Crippen LogP contribution in [-0.2, 0) is 0 Å². The molecular formula is C11H19N3. The maximum atomic E-state index is 5.86. The molecule has 1 rings (SSSR count). The average molecular weight is 193 g/mol. The molecule has 1 heterocycles. The molecule has 0 saturated heterocycles. The van der Waals surface area contributed by atoms with Crippen LogP contribution in [0.3, 0.4) is 0 Å². The topological polar surface area (TPSA) is 50.9 Å². The highest BCUT2D eigenvalue weighted by Crippen LogP contribution is 2.06. The molecule has 0 spiro atoms. The number of hydrogen-bond donors (Lipinski definition) is 2. The van der Waals surface area contributed by atoms with Crippen LogP contribution in [0.5, 0.6) is 0 Å². The normalized spacial score (nSPS) is 11.4. The number of hydrogen-bond acceptors (Lipinski definition) is 3. The van der Waals surface area contributed by atoms with Crippen LogP contribution in [0.4, 0.5) is 5.82 Å². The summed E-state index contributed by atoms with van der Waals surface area (Å²) in [5.41, 5.74) is 6.93. The Balaban J connectivity index is 2.35. The molecule has 0 atom stereocenters. The summed E-state index contributed by atoms with van der Waals surface area (Å²) in [6.07, 6.45) is 2.79. The zero-order valence-electron chi connectivity index (χ0n) is 9.17. The molecule has 0 saturated carbocycles. The quantitative estimate of drug-likeness (QED) is 0.768. The van der Waals surface area contributed by atoms with Crippen molar-refractivity contribution in [2.75, 3.05) is 11.9 Å². The number of aryl methyl sites for hydroxylation is 1. The first-order valence-electron chi connectivity index (χ1n) is 4.93. The summed E-state index contributed by atoms with van der Waals surface area (Å²) in [5, 5.41) is 3.24. The number of nitrogens with one attached hydrogen (secondary N) is 1. The largest absolute Gasteiger partial charge is 0.370 e. The van der Waals surface area contributed by atoms with E-state index in [4.69, 9.17) is 5.73 Å². The minimum absolute atomic E-state index is 0.113. The van der Waals surface area contributed by atoms with Crippen molar-refractivity contribution in [3.05, 3.63) is 23.9 Å². The first kappa shape index (κ1) is 11.0. The first-order valence-corrected chi connectivity index (χ1v) is 4.93. The Kier molecular flexibility index (Phi) is 3.47. The molecule has 0 bridgehead atoms. The van der Waals surface area contributed by atoms with E-state index in [0.717, 1.165) is 18.8 Å². The van der Waals surface area contributed by atoms with Gasteiger partial charge in [-0.25, -0.2) is 4.98 Å². The van der Waals surface area contributed by atoms with E-state index < -0.39 is 0 Å². The molecule has 78 valence electrons. The van der Waals surface area contributed by atoms with E-state index in [-0.39, 0.29) is 5.54 Å². The zero-order valence-corrected chi connectivity index (χ0v) is 9.17. The van der Waals surface area contributed by atoms with Crippen LogP contribution < -0.4 is 11.1 Å². The summed E-state index contributed by atoms with van der Waals surface area (Å²) in [7, 11) is 0. The smallest absolute Gasteiger partial charge is 0.125 e. The van der Waals surface area contributed by atoms with Gasteiger partial charge in [0.05, 0.1) is 0 Å². The van der Waals surface area contributed by atoms with Crippen LogP contribution >= 0.6 is 0 Å². The maximum Gasteiger partial charge on any atom is 0.125 e. The fraction of sp³-hybridized carbons (Fsp3) is 0.545. The lowest BCUT2D eigenvalue weighted by Gasteiger charge is -2.18. The molecule has 1 aromatic rings. The number of rotatable bonds is 4. The standard InChI is InChI=1S/C11H19N3/c1-9-4-5-10(14-8-9)13-7-6-11(2,3)12/h4-5,8H,6-7,12H2,1-3H3,(H,13,14). The Labute approximate surface area is 85.7 Å². The van der Waals surface area contributed by atoms with Gasteiger partial charge < -0.3 is 11.1 Å². The molecule has 3 heteroatoms. The Morgan fingerprint density at radius 3 is 2.64 bits per heavy atom. The lowest BCUT2D eigenvalue weighted by atomic mass is 10.0. The van der Waals surface area contributed by atoms with Crippen molar-refractivity contribution in [1.29, 1.82) is 0 Å². The van der Waals surface area contributed by atoms with Gasteiger partial charge in [-0.3, -0.25) is 0 Å². The minimum Gasteiger partial charge on any atom is -0.370 e. The molecule has 0 radical (unpaired) electrons. The third-order valence-electron chi connectivity index (χ3n) is 1.99. The van der Waals surface area contributed by atoms with E-state index in [1.54, 1.807) is 0 Å². The molecule has 0 aromatic carbocycles. The van der Waals surface area contributed by atoms with E-state index in [2.05, 4.69) is 10.3 Å². The summed E-state index contributed by atoms with van der Waals surface area (Å²) in [6.45, 7) is 6.94. The molecule has 3 N–H and O–H groups in total. The fourth-order valence-corrected chi connectivity index (χ4v) is 1.09. The van der Waals surface area contributed by atoms with Crippen LogP contribution in [0, 0.1) is 6.92 Å². The second-order valence-corrected chi connectivity index (χ2v) is 4.39. The van der Waals surface area contributed by atoms with Gasteiger partial charge in [0.2, 0.25) is 0 Å². The van der Waals surface area contributed by atoms with Crippen LogP contribution in [-0.4, -0.2) is 17.1 Å². The summed E-state index contributed by atoms with van der Waals surface area (Å²) < 4.78 is 0. The molecule has 14 heavy (non-hydrogen) atoms. The molecule has 0 amide bonds. The molecule has 0 aliphatic heterocycles. The average Bonchev–Trinajstić information content (AvgIpc) is 2.06. The van der Waals surface area contributed by atoms with Gasteiger partial charge in [-0.2, -0.15) is 0 Å². The van der Waals surface area contributed by atoms with Gasteiger partial charge in [-0.15, -0.1) is 0 Å². The van der Waals surface area contributed by atoms with Gasteiger partial charge >= 0.3 is 0 Å².